The number of carboxylic acids is 1. The van der Waals surface area contributed by atoms with E-state index in [9.17, 15) is 14.9 Å². The first-order chi connectivity index (χ1) is 16.8. The van der Waals surface area contributed by atoms with Gasteiger partial charge in [-0.15, -0.1) is 0 Å². The zero-order valence-corrected chi connectivity index (χ0v) is 20.6. The van der Waals surface area contributed by atoms with E-state index in [1.165, 1.54) is 12.1 Å². The Morgan fingerprint density at radius 1 is 1.23 bits per heavy atom. The van der Waals surface area contributed by atoms with E-state index in [4.69, 9.17) is 25.1 Å². The lowest BCUT2D eigenvalue weighted by Crippen LogP contribution is -2.27. The maximum Gasteiger partial charge on any atom is 0.335 e. The third kappa shape index (κ3) is 4.88. The number of ketones is 1. The highest BCUT2D eigenvalue weighted by Gasteiger charge is 2.39. The number of halogens is 1. The first-order valence-corrected chi connectivity index (χ1v) is 11.9. The van der Waals surface area contributed by atoms with Crippen LogP contribution in [0.15, 0.2) is 63.7 Å². The van der Waals surface area contributed by atoms with Crippen LogP contribution in [0.25, 0.3) is 0 Å². The van der Waals surface area contributed by atoms with Crippen molar-refractivity contribution in [1.82, 2.24) is 0 Å². The minimum atomic E-state index is -0.995. The number of ether oxygens (including phenoxy) is 3. The molecule has 0 fully saturated rings. The Balaban J connectivity index is 1.71. The first kappa shape index (κ1) is 24.4. The van der Waals surface area contributed by atoms with E-state index < -0.39 is 11.9 Å². The highest BCUT2D eigenvalue weighted by Crippen LogP contribution is 2.47. The lowest BCUT2D eigenvalue weighted by atomic mass is 9.77. The predicted molar refractivity (Wildman–Crippen MR) is 130 cm³/mol. The fourth-order valence-corrected chi connectivity index (χ4v) is 4.78. The normalized spacial score (nSPS) is 17.4. The molecule has 1 atom stereocenters. The zero-order valence-electron chi connectivity index (χ0n) is 19.0. The standard InChI is InChI=1S/C26H23BrN2O6/c1-2-33-21-10-16(23-17(12-28)25(29)35-20-5-3-4-19(30)24(20)23)18(27)11-22(21)34-13-14-6-8-15(9-7-14)26(31)32/h6-11,23H,2-5,13,29H2,1H3,(H,31,32)/t23-/m1/s1. The van der Waals surface area contributed by atoms with E-state index in [1.807, 2.05) is 6.92 Å². The summed E-state index contributed by atoms with van der Waals surface area (Å²) < 4.78 is 18.1. The quantitative estimate of drug-likeness (QED) is 0.506. The van der Waals surface area contributed by atoms with Crippen molar-refractivity contribution < 1.29 is 28.9 Å². The van der Waals surface area contributed by atoms with Crippen LogP contribution in [-0.4, -0.2) is 23.5 Å². The number of rotatable bonds is 7. The molecule has 1 aliphatic carbocycles. The second-order valence-electron chi connectivity index (χ2n) is 8.08. The van der Waals surface area contributed by atoms with Crippen LogP contribution in [-0.2, 0) is 16.1 Å². The number of carbonyl (C=O) groups excluding carboxylic acids is 1. The molecule has 180 valence electrons. The third-order valence-electron chi connectivity index (χ3n) is 5.87. The first-order valence-electron chi connectivity index (χ1n) is 11.1. The fraction of sp³-hybridized carbons (Fsp3) is 0.269. The number of hydrogen-bond acceptors (Lipinski definition) is 7. The summed E-state index contributed by atoms with van der Waals surface area (Å²) in [5.74, 6) is -0.324. The molecule has 0 radical (unpaired) electrons. The molecule has 2 aromatic carbocycles. The number of hydrogen-bond donors (Lipinski definition) is 2. The zero-order chi connectivity index (χ0) is 25.1. The predicted octanol–water partition coefficient (Wildman–Crippen LogP) is 4.94. The average Bonchev–Trinajstić information content (AvgIpc) is 2.83. The van der Waals surface area contributed by atoms with Gasteiger partial charge in [0.1, 0.15) is 24.0 Å². The highest BCUT2D eigenvalue weighted by atomic mass is 79.9. The Bertz CT molecular complexity index is 1290. The maximum atomic E-state index is 12.9. The molecule has 0 spiro atoms. The van der Waals surface area contributed by atoms with E-state index in [0.29, 0.717) is 58.7 Å². The van der Waals surface area contributed by atoms with Crippen molar-refractivity contribution in [3.05, 3.63) is 80.3 Å². The van der Waals surface area contributed by atoms with E-state index in [1.54, 1.807) is 24.3 Å². The van der Waals surface area contributed by atoms with Gasteiger partial charge in [0.2, 0.25) is 5.88 Å². The number of carbonyl (C=O) groups is 2. The number of nitrogens with two attached hydrogens (primary N) is 1. The van der Waals surface area contributed by atoms with Crippen LogP contribution in [0.5, 0.6) is 11.5 Å². The summed E-state index contributed by atoms with van der Waals surface area (Å²) in [4.78, 5) is 23.9. The van der Waals surface area contributed by atoms with Crippen LogP contribution < -0.4 is 15.2 Å². The molecule has 2 aromatic rings. The van der Waals surface area contributed by atoms with E-state index in [-0.39, 0.29) is 29.4 Å². The second-order valence-corrected chi connectivity index (χ2v) is 8.94. The van der Waals surface area contributed by atoms with Gasteiger partial charge in [-0.2, -0.15) is 5.26 Å². The van der Waals surface area contributed by atoms with Gasteiger partial charge in [-0.3, -0.25) is 4.79 Å². The van der Waals surface area contributed by atoms with Gasteiger partial charge in [0, 0.05) is 22.9 Å². The summed E-state index contributed by atoms with van der Waals surface area (Å²) in [6, 6.07) is 12.0. The SMILES string of the molecule is CCOc1cc([C@@H]2C(C#N)=C(N)OC3=C2C(=O)CCC3)c(Br)cc1OCc1ccc(C(=O)O)cc1. The van der Waals surface area contributed by atoms with Gasteiger partial charge in [0.05, 0.1) is 18.1 Å². The van der Waals surface area contributed by atoms with Gasteiger partial charge in [-0.05, 0) is 48.7 Å². The van der Waals surface area contributed by atoms with Crippen molar-refractivity contribution >= 4 is 27.7 Å². The van der Waals surface area contributed by atoms with Crippen molar-refractivity contribution in [3.8, 4) is 17.6 Å². The number of benzene rings is 2. The minimum absolute atomic E-state index is 0.000874. The van der Waals surface area contributed by atoms with Crippen molar-refractivity contribution in [2.45, 2.75) is 38.7 Å². The summed E-state index contributed by atoms with van der Waals surface area (Å²) in [7, 11) is 0. The molecule has 2 aliphatic rings. The fourth-order valence-electron chi connectivity index (χ4n) is 4.23. The molecular formula is C26H23BrN2O6. The molecule has 1 aliphatic heterocycles. The lowest BCUT2D eigenvalue weighted by molar-refractivity contribution is -0.116. The molecule has 8 nitrogen and oxygen atoms in total. The van der Waals surface area contributed by atoms with E-state index in [0.717, 1.165) is 5.56 Å². The lowest BCUT2D eigenvalue weighted by Gasteiger charge is -2.31. The van der Waals surface area contributed by atoms with Crippen LogP contribution >= 0.6 is 15.9 Å². The average molecular weight is 539 g/mol. The summed E-state index contributed by atoms with van der Waals surface area (Å²) in [6.07, 6.45) is 1.63. The summed E-state index contributed by atoms with van der Waals surface area (Å²) >= 11 is 3.58. The molecule has 3 N–H and O–H groups in total. The van der Waals surface area contributed by atoms with Crippen LogP contribution in [0.3, 0.4) is 0 Å². The molecule has 35 heavy (non-hydrogen) atoms. The molecule has 0 bridgehead atoms. The number of allylic oxidation sites excluding steroid dienone is 3. The Kier molecular flexibility index (Phi) is 7.12. The van der Waals surface area contributed by atoms with Gasteiger partial charge in [-0.1, -0.05) is 28.1 Å². The van der Waals surface area contributed by atoms with Gasteiger partial charge in [-0.25, -0.2) is 4.79 Å². The van der Waals surface area contributed by atoms with Crippen LogP contribution in [0.4, 0.5) is 0 Å². The monoisotopic (exact) mass is 538 g/mol. The molecule has 1 heterocycles. The van der Waals surface area contributed by atoms with Crippen LogP contribution in [0.2, 0.25) is 0 Å². The van der Waals surface area contributed by atoms with Gasteiger partial charge < -0.3 is 25.1 Å². The number of nitrogens with zero attached hydrogens (tertiary/aromatic N) is 1. The number of carboxylic acid groups (broad SMARTS) is 1. The van der Waals surface area contributed by atoms with Crippen LogP contribution in [0, 0.1) is 11.3 Å². The van der Waals surface area contributed by atoms with Crippen molar-refractivity contribution in [3.63, 3.8) is 0 Å². The molecule has 4 rings (SSSR count). The molecule has 9 heteroatoms. The van der Waals surface area contributed by atoms with Gasteiger partial charge in [0.25, 0.3) is 0 Å². The largest absolute Gasteiger partial charge is 0.490 e. The van der Waals surface area contributed by atoms with Crippen LogP contribution in [0.1, 0.15) is 53.6 Å². The Morgan fingerprint density at radius 2 is 1.94 bits per heavy atom. The minimum Gasteiger partial charge on any atom is -0.490 e. The molecule has 0 saturated heterocycles. The van der Waals surface area contributed by atoms with E-state index in [2.05, 4.69) is 22.0 Å². The van der Waals surface area contributed by atoms with E-state index >= 15 is 0 Å². The second kappa shape index (κ2) is 10.2. The summed E-state index contributed by atoms with van der Waals surface area (Å²) in [5.41, 5.74) is 8.33. The topological polar surface area (TPSA) is 132 Å². The molecule has 0 aromatic heterocycles. The number of Topliss-reactive ketones (excluding diaryl/α,β-unsaturated/α-hetero) is 1. The third-order valence-corrected chi connectivity index (χ3v) is 6.56. The summed E-state index contributed by atoms with van der Waals surface area (Å²) in [6.45, 7) is 2.40. The molecular weight excluding hydrogens is 516 g/mol. The Morgan fingerprint density at radius 3 is 2.60 bits per heavy atom. The summed E-state index contributed by atoms with van der Waals surface area (Å²) in [5, 5.41) is 18.9. The molecule has 0 amide bonds. The smallest absolute Gasteiger partial charge is 0.335 e. The van der Waals surface area contributed by atoms with Gasteiger partial charge in [0.15, 0.2) is 17.3 Å². The molecule has 0 unspecified atom stereocenters. The van der Waals surface area contributed by atoms with Crippen molar-refractivity contribution in [2.75, 3.05) is 6.61 Å². The Labute approximate surface area is 210 Å². The number of aromatic carboxylic acids is 1. The maximum absolute atomic E-state index is 12.9. The van der Waals surface area contributed by atoms with Gasteiger partial charge >= 0.3 is 5.97 Å². The van der Waals surface area contributed by atoms with Crippen molar-refractivity contribution in [1.29, 1.82) is 5.26 Å². The Hall–Kier alpha value is -3.77. The number of nitriles is 1. The van der Waals surface area contributed by atoms with Crippen molar-refractivity contribution in [2.24, 2.45) is 5.73 Å². The molecule has 0 saturated carbocycles. The highest BCUT2D eigenvalue weighted by molar-refractivity contribution is 9.10.